The van der Waals surface area contributed by atoms with E-state index in [1.165, 1.54) is 12.8 Å². The SMILES string of the molecule is Cc1cc(NC(=O)c2ccc(NS(=O)(=O)CCOCc3ccccc3)cc2N2CCC3(CC2)CC3)nc(N2CCC(F)(F)CC2)n1. The van der Waals surface area contributed by atoms with Crippen molar-refractivity contribution in [3.63, 3.8) is 0 Å². The van der Waals surface area contributed by atoms with Crippen LogP contribution in [0, 0.1) is 12.3 Å². The van der Waals surface area contributed by atoms with E-state index >= 15 is 0 Å². The number of aryl methyl sites for hydroxylation is 1. The van der Waals surface area contributed by atoms with E-state index in [1.807, 2.05) is 30.3 Å². The van der Waals surface area contributed by atoms with Gasteiger partial charge >= 0.3 is 0 Å². The van der Waals surface area contributed by atoms with Crippen LogP contribution >= 0.6 is 0 Å². The van der Waals surface area contributed by atoms with Crippen LogP contribution in [0.2, 0.25) is 0 Å². The van der Waals surface area contributed by atoms with Gasteiger partial charge in [-0.2, -0.15) is 4.98 Å². The van der Waals surface area contributed by atoms with Crippen LogP contribution in [0.5, 0.6) is 0 Å². The van der Waals surface area contributed by atoms with Crippen molar-refractivity contribution in [2.75, 3.05) is 58.4 Å². The van der Waals surface area contributed by atoms with Crippen LogP contribution in [0.3, 0.4) is 0 Å². The molecule has 246 valence electrons. The molecule has 0 bridgehead atoms. The number of anilines is 4. The lowest BCUT2D eigenvalue weighted by atomic mass is 9.93. The van der Waals surface area contributed by atoms with E-state index in [4.69, 9.17) is 4.74 Å². The Morgan fingerprint density at radius 3 is 2.30 bits per heavy atom. The van der Waals surface area contributed by atoms with Gasteiger partial charge in [-0.1, -0.05) is 30.3 Å². The lowest BCUT2D eigenvalue weighted by Gasteiger charge is -2.35. The number of carbonyl (C=O) groups is 1. The first-order valence-corrected chi connectivity index (χ1v) is 17.4. The van der Waals surface area contributed by atoms with E-state index < -0.39 is 21.9 Å². The molecule has 46 heavy (non-hydrogen) atoms. The van der Waals surface area contributed by atoms with Crippen molar-refractivity contribution in [1.29, 1.82) is 0 Å². The summed E-state index contributed by atoms with van der Waals surface area (Å²) in [6.45, 7) is 3.90. The monoisotopic (exact) mass is 654 g/mol. The lowest BCUT2D eigenvalue weighted by molar-refractivity contribution is -0.0222. The standard InChI is InChI=1S/C33H40F2N6O4S/c1-24-21-29(38-31(36-24)41-17-13-33(34,35)14-18-41)37-30(42)27-8-7-26(22-28(27)40-15-11-32(9-10-32)12-16-40)39-46(43,44)20-19-45-23-25-5-3-2-4-6-25/h2-8,21-22,39H,9-20,23H2,1H3,(H,36,37,38,42). The highest BCUT2D eigenvalue weighted by Crippen LogP contribution is 2.54. The van der Waals surface area contributed by atoms with Crippen molar-refractivity contribution in [3.05, 3.63) is 71.4 Å². The van der Waals surface area contributed by atoms with Gasteiger partial charge < -0.3 is 19.9 Å². The number of alkyl halides is 2. The predicted molar refractivity (Wildman–Crippen MR) is 174 cm³/mol. The molecule has 1 aromatic heterocycles. The Kier molecular flexibility index (Phi) is 9.15. The third kappa shape index (κ3) is 8.11. The highest BCUT2D eigenvalue weighted by molar-refractivity contribution is 7.92. The summed E-state index contributed by atoms with van der Waals surface area (Å²) >= 11 is 0. The van der Waals surface area contributed by atoms with E-state index in [2.05, 4.69) is 24.9 Å². The molecule has 3 aromatic rings. The molecule has 1 aliphatic carbocycles. The Morgan fingerprint density at radius 1 is 0.913 bits per heavy atom. The highest BCUT2D eigenvalue weighted by Gasteiger charge is 2.44. The Morgan fingerprint density at radius 2 is 1.61 bits per heavy atom. The van der Waals surface area contributed by atoms with Gasteiger partial charge in [-0.15, -0.1) is 0 Å². The number of nitrogens with one attached hydrogen (secondary N) is 2. The lowest BCUT2D eigenvalue weighted by Crippen LogP contribution is -2.40. The van der Waals surface area contributed by atoms with E-state index in [-0.39, 0.29) is 44.1 Å². The molecule has 2 N–H and O–H groups in total. The van der Waals surface area contributed by atoms with Crippen molar-refractivity contribution in [2.24, 2.45) is 5.41 Å². The van der Waals surface area contributed by atoms with Crippen molar-refractivity contribution in [2.45, 2.75) is 58.0 Å². The van der Waals surface area contributed by atoms with Crippen molar-refractivity contribution in [1.82, 2.24) is 9.97 Å². The number of carbonyl (C=O) groups excluding carboxylic acids is 1. The molecule has 1 amide bonds. The number of aromatic nitrogens is 2. The minimum Gasteiger partial charge on any atom is -0.376 e. The van der Waals surface area contributed by atoms with Gasteiger partial charge in [0.15, 0.2) is 0 Å². The zero-order valence-electron chi connectivity index (χ0n) is 26.0. The number of hydrogen-bond donors (Lipinski definition) is 2. The van der Waals surface area contributed by atoms with Crippen LogP contribution in [-0.4, -0.2) is 68.8 Å². The van der Waals surface area contributed by atoms with Crippen LogP contribution in [-0.2, 0) is 21.4 Å². The zero-order valence-corrected chi connectivity index (χ0v) is 26.8. The molecule has 2 aliphatic heterocycles. The van der Waals surface area contributed by atoms with Gasteiger partial charge in [-0.3, -0.25) is 9.52 Å². The second-order valence-electron chi connectivity index (χ2n) is 12.7. The van der Waals surface area contributed by atoms with Crippen LogP contribution in [0.15, 0.2) is 54.6 Å². The van der Waals surface area contributed by atoms with Crippen LogP contribution in [0.1, 0.15) is 60.1 Å². The summed E-state index contributed by atoms with van der Waals surface area (Å²) in [5.41, 5.74) is 3.36. The van der Waals surface area contributed by atoms with Crippen molar-refractivity contribution in [3.8, 4) is 0 Å². The normalized spacial score (nSPS) is 18.8. The van der Waals surface area contributed by atoms with Crippen LogP contribution < -0.4 is 19.8 Å². The number of ether oxygens (including phenoxy) is 1. The largest absolute Gasteiger partial charge is 0.376 e. The molecule has 6 rings (SSSR count). The number of amides is 1. The fourth-order valence-electron chi connectivity index (χ4n) is 6.09. The average molecular weight is 655 g/mol. The number of rotatable bonds is 11. The number of sulfonamides is 1. The third-order valence-corrected chi connectivity index (χ3v) is 10.4. The minimum atomic E-state index is -3.72. The molecule has 0 atom stereocenters. The van der Waals surface area contributed by atoms with Gasteiger partial charge in [0.2, 0.25) is 16.0 Å². The molecule has 1 spiro atoms. The van der Waals surface area contributed by atoms with E-state index in [0.29, 0.717) is 40.6 Å². The van der Waals surface area contributed by atoms with Gasteiger partial charge in [0.25, 0.3) is 11.8 Å². The first-order valence-electron chi connectivity index (χ1n) is 15.8. The summed E-state index contributed by atoms with van der Waals surface area (Å²) in [6, 6.07) is 16.1. The summed E-state index contributed by atoms with van der Waals surface area (Å²) in [6.07, 6.45) is 3.94. The van der Waals surface area contributed by atoms with Gasteiger partial charge in [0.1, 0.15) is 5.82 Å². The summed E-state index contributed by atoms with van der Waals surface area (Å²) in [5.74, 6) is -2.74. The smallest absolute Gasteiger partial charge is 0.258 e. The fourth-order valence-corrected chi connectivity index (χ4v) is 7.01. The number of halogens is 2. The van der Waals surface area contributed by atoms with Crippen LogP contribution in [0.4, 0.5) is 31.9 Å². The highest BCUT2D eigenvalue weighted by atomic mass is 32.2. The molecular weight excluding hydrogens is 614 g/mol. The van der Waals surface area contributed by atoms with Crippen LogP contribution in [0.25, 0.3) is 0 Å². The molecule has 3 aliphatic rings. The Hall–Kier alpha value is -3.84. The molecule has 0 unspecified atom stereocenters. The van der Waals surface area contributed by atoms with Gasteiger partial charge in [-0.05, 0) is 61.8 Å². The molecular formula is C33H40F2N6O4S. The van der Waals surface area contributed by atoms with Gasteiger partial charge in [0, 0.05) is 50.8 Å². The molecule has 3 heterocycles. The third-order valence-electron chi connectivity index (χ3n) is 9.11. The molecule has 1 saturated carbocycles. The summed E-state index contributed by atoms with van der Waals surface area (Å²) in [7, 11) is -3.72. The first kappa shape index (κ1) is 32.1. The van der Waals surface area contributed by atoms with Gasteiger partial charge in [-0.25, -0.2) is 22.2 Å². The van der Waals surface area contributed by atoms with E-state index in [1.54, 1.807) is 36.1 Å². The topological polar surface area (TPSA) is 117 Å². The molecule has 13 heteroatoms. The zero-order chi connectivity index (χ0) is 32.4. The number of piperidine rings is 2. The summed E-state index contributed by atoms with van der Waals surface area (Å²) in [5, 5.41) is 2.87. The second-order valence-corrected chi connectivity index (χ2v) is 14.5. The van der Waals surface area contributed by atoms with Crippen molar-refractivity contribution < 1.29 is 26.7 Å². The maximum absolute atomic E-state index is 13.7. The maximum atomic E-state index is 13.7. The molecule has 2 saturated heterocycles. The van der Waals surface area contributed by atoms with Gasteiger partial charge in [0.05, 0.1) is 35.9 Å². The van der Waals surface area contributed by atoms with Crippen molar-refractivity contribution >= 4 is 39.1 Å². The second kappa shape index (κ2) is 13.1. The molecule has 2 aromatic carbocycles. The molecule has 0 radical (unpaired) electrons. The molecule has 3 fully saturated rings. The summed E-state index contributed by atoms with van der Waals surface area (Å²) < 4.78 is 61.6. The fraction of sp³-hybridized carbons (Fsp3) is 0.485. The minimum absolute atomic E-state index is 0.0337. The summed E-state index contributed by atoms with van der Waals surface area (Å²) in [4.78, 5) is 26.5. The molecule has 10 nitrogen and oxygen atoms in total. The number of benzene rings is 2. The Bertz CT molecular complexity index is 1650. The predicted octanol–water partition coefficient (Wildman–Crippen LogP) is 5.61. The first-order chi connectivity index (χ1) is 22.0. The Balaban J connectivity index is 1.16. The quantitative estimate of drug-likeness (QED) is 0.257. The number of hydrogen-bond acceptors (Lipinski definition) is 8. The maximum Gasteiger partial charge on any atom is 0.258 e. The number of nitrogens with zero attached hydrogens (tertiary/aromatic N) is 4. The average Bonchev–Trinajstić information content (AvgIpc) is 3.78. The van der Waals surface area contributed by atoms with E-state index in [9.17, 15) is 22.0 Å². The van der Waals surface area contributed by atoms with E-state index in [0.717, 1.165) is 31.5 Å². The Labute approximate surface area is 268 Å².